The van der Waals surface area contributed by atoms with E-state index in [1.807, 2.05) is 6.07 Å². The fraction of sp³-hybridized carbons (Fsp3) is 0.520. The number of nitrogens with one attached hydrogen (secondary N) is 1. The number of carbonyl (C=O) groups excluding carboxylic acids is 2. The number of ether oxygens (including phenoxy) is 3. The van der Waals surface area contributed by atoms with Crippen molar-refractivity contribution in [3.05, 3.63) is 67.4 Å². The Morgan fingerprint density at radius 3 is 2.09 bits per heavy atom. The lowest BCUT2D eigenvalue weighted by atomic mass is 9.97. The summed E-state index contributed by atoms with van der Waals surface area (Å²) in [5, 5.41) is 0.535. The highest BCUT2D eigenvalue weighted by molar-refractivity contribution is 6.30. The topological polar surface area (TPSA) is 117 Å². The van der Waals surface area contributed by atoms with E-state index in [0.717, 1.165) is 5.56 Å². The smallest absolute Gasteiger partial charge is 0.330 e. The first-order chi connectivity index (χ1) is 16.2. The summed E-state index contributed by atoms with van der Waals surface area (Å²) in [4.78, 5) is 51.3. The first-order valence-corrected chi connectivity index (χ1v) is 11.6. The minimum atomic E-state index is -0.831. The zero-order valence-electron chi connectivity index (χ0n) is 21.0. The van der Waals surface area contributed by atoms with Gasteiger partial charge in [-0.25, -0.2) is 4.79 Å². The van der Waals surface area contributed by atoms with Crippen LogP contribution in [0.25, 0.3) is 0 Å². The van der Waals surface area contributed by atoms with Gasteiger partial charge in [0.15, 0.2) is 0 Å². The van der Waals surface area contributed by atoms with E-state index in [4.69, 9.17) is 25.8 Å². The van der Waals surface area contributed by atoms with Gasteiger partial charge in [-0.3, -0.25) is 23.9 Å². The van der Waals surface area contributed by atoms with Crippen molar-refractivity contribution in [2.75, 3.05) is 13.2 Å². The molecule has 2 rings (SSSR count). The molecule has 0 aliphatic rings. The standard InChI is InChI=1S/C25H33ClN2O7/c1-24(2,3)21(30)33-13-19(14-34-22(31)25(4,5)6)35-15-28-12-17(20(29)27-23(28)32)10-16-8-7-9-18(26)11-16/h7-9,11-12,19H,10,13-15H2,1-6H3,(H,27,29,32). The number of halogens is 1. The fourth-order valence-corrected chi connectivity index (χ4v) is 2.96. The molecule has 1 heterocycles. The minimum absolute atomic E-state index is 0.180. The molecule has 0 aliphatic heterocycles. The van der Waals surface area contributed by atoms with Crippen LogP contribution in [-0.4, -0.2) is 40.8 Å². The molecular weight excluding hydrogens is 476 g/mol. The van der Waals surface area contributed by atoms with Crippen molar-refractivity contribution in [3.8, 4) is 0 Å². The lowest BCUT2D eigenvalue weighted by molar-refractivity contribution is -0.167. The maximum absolute atomic E-state index is 12.3. The third-order valence-electron chi connectivity index (χ3n) is 4.84. The molecule has 0 amide bonds. The molecular formula is C25H33ClN2O7. The maximum atomic E-state index is 12.3. The van der Waals surface area contributed by atoms with Crippen LogP contribution in [0.1, 0.15) is 52.7 Å². The van der Waals surface area contributed by atoms with Crippen LogP contribution in [0.5, 0.6) is 0 Å². The molecule has 0 aliphatic carbocycles. The second-order valence-electron chi connectivity index (χ2n) is 10.3. The van der Waals surface area contributed by atoms with Crippen LogP contribution >= 0.6 is 11.6 Å². The third-order valence-corrected chi connectivity index (χ3v) is 5.08. The van der Waals surface area contributed by atoms with Gasteiger partial charge in [0, 0.05) is 23.2 Å². The first-order valence-electron chi connectivity index (χ1n) is 11.2. The number of carbonyl (C=O) groups is 2. The van der Waals surface area contributed by atoms with Crippen molar-refractivity contribution in [1.82, 2.24) is 9.55 Å². The highest BCUT2D eigenvalue weighted by Gasteiger charge is 2.27. The van der Waals surface area contributed by atoms with E-state index in [9.17, 15) is 19.2 Å². The highest BCUT2D eigenvalue weighted by atomic mass is 35.5. The number of benzene rings is 1. The molecule has 0 bridgehead atoms. The number of esters is 2. The second kappa shape index (κ2) is 11.7. The fourth-order valence-electron chi connectivity index (χ4n) is 2.74. The zero-order chi connectivity index (χ0) is 26.4. The van der Waals surface area contributed by atoms with Gasteiger partial charge >= 0.3 is 17.6 Å². The number of hydrogen-bond donors (Lipinski definition) is 1. The van der Waals surface area contributed by atoms with Gasteiger partial charge in [-0.05, 0) is 59.2 Å². The summed E-state index contributed by atoms with van der Waals surface area (Å²) in [5.74, 6) is -0.892. The van der Waals surface area contributed by atoms with Crippen LogP contribution < -0.4 is 11.2 Å². The van der Waals surface area contributed by atoms with Crippen LogP contribution in [0.4, 0.5) is 0 Å². The summed E-state index contributed by atoms with van der Waals surface area (Å²) >= 11 is 6.02. The van der Waals surface area contributed by atoms with Crippen molar-refractivity contribution < 1.29 is 23.8 Å². The largest absolute Gasteiger partial charge is 0.462 e. The molecule has 1 aromatic heterocycles. The SMILES string of the molecule is CC(C)(C)C(=O)OCC(COC(=O)C(C)(C)C)OCn1cc(Cc2cccc(Cl)c2)c(=O)[nH]c1=O. The number of H-pyrrole nitrogens is 1. The average molecular weight is 509 g/mol. The lowest BCUT2D eigenvalue weighted by Gasteiger charge is -2.23. The Hall–Kier alpha value is -2.91. The van der Waals surface area contributed by atoms with E-state index in [1.165, 1.54) is 10.8 Å². The molecule has 9 nitrogen and oxygen atoms in total. The Morgan fingerprint density at radius 2 is 1.57 bits per heavy atom. The van der Waals surface area contributed by atoms with E-state index in [-0.39, 0.29) is 26.4 Å². The Bertz CT molecular complexity index is 1130. The predicted molar refractivity (Wildman–Crippen MR) is 131 cm³/mol. The van der Waals surface area contributed by atoms with E-state index in [2.05, 4.69) is 4.98 Å². The third kappa shape index (κ3) is 8.99. The molecule has 0 spiro atoms. The maximum Gasteiger partial charge on any atom is 0.330 e. The van der Waals surface area contributed by atoms with Gasteiger partial charge < -0.3 is 14.2 Å². The number of aromatic amines is 1. The summed E-state index contributed by atoms with van der Waals surface area (Å²) in [5.41, 5.74) is -1.49. The van der Waals surface area contributed by atoms with Crippen molar-refractivity contribution in [3.63, 3.8) is 0 Å². The highest BCUT2D eigenvalue weighted by Crippen LogP contribution is 2.18. The number of aromatic nitrogens is 2. The van der Waals surface area contributed by atoms with Gasteiger partial charge in [0.25, 0.3) is 5.56 Å². The quantitative estimate of drug-likeness (QED) is 0.516. The van der Waals surface area contributed by atoms with Crippen molar-refractivity contribution >= 4 is 23.5 Å². The van der Waals surface area contributed by atoms with Crippen molar-refractivity contribution in [2.45, 2.75) is 60.8 Å². The summed E-state index contributed by atoms with van der Waals surface area (Å²) in [6.07, 6.45) is 0.829. The van der Waals surface area contributed by atoms with Gasteiger partial charge in [-0.2, -0.15) is 0 Å². The predicted octanol–water partition coefficient (Wildman–Crippen LogP) is 3.30. The number of nitrogens with zero attached hydrogens (tertiary/aromatic N) is 1. The summed E-state index contributed by atoms with van der Waals surface area (Å²) in [6.45, 7) is 9.67. The van der Waals surface area contributed by atoms with Gasteiger partial charge in [0.2, 0.25) is 0 Å². The van der Waals surface area contributed by atoms with Crippen LogP contribution in [0.15, 0.2) is 40.1 Å². The van der Waals surface area contributed by atoms with E-state index in [0.29, 0.717) is 10.6 Å². The van der Waals surface area contributed by atoms with Gasteiger partial charge in [0.1, 0.15) is 26.0 Å². The summed E-state index contributed by atoms with van der Waals surface area (Å²) in [6, 6.07) is 7.05. The van der Waals surface area contributed by atoms with Gasteiger partial charge in [0.05, 0.1) is 10.8 Å². The van der Waals surface area contributed by atoms with Gasteiger partial charge in [-0.1, -0.05) is 23.7 Å². The molecule has 1 aromatic carbocycles. The average Bonchev–Trinajstić information content (AvgIpc) is 2.74. The summed E-state index contributed by atoms with van der Waals surface area (Å²) < 4.78 is 17.6. The Balaban J connectivity index is 2.16. The molecule has 1 N–H and O–H groups in total. The molecule has 0 saturated carbocycles. The van der Waals surface area contributed by atoms with Crippen LogP contribution in [0, 0.1) is 10.8 Å². The molecule has 0 unspecified atom stereocenters. The van der Waals surface area contributed by atoms with Crippen molar-refractivity contribution in [1.29, 1.82) is 0 Å². The monoisotopic (exact) mass is 508 g/mol. The normalized spacial score (nSPS) is 12.0. The molecule has 10 heteroatoms. The molecule has 0 fully saturated rings. The number of rotatable bonds is 9. The Labute approximate surface area is 209 Å². The Kier molecular flexibility index (Phi) is 9.45. The first kappa shape index (κ1) is 28.3. The summed E-state index contributed by atoms with van der Waals surface area (Å²) in [7, 11) is 0. The van der Waals surface area contributed by atoms with Gasteiger partial charge in [-0.15, -0.1) is 0 Å². The van der Waals surface area contributed by atoms with Crippen LogP contribution in [0.2, 0.25) is 5.02 Å². The number of hydrogen-bond acceptors (Lipinski definition) is 7. The molecule has 0 atom stereocenters. The molecule has 192 valence electrons. The molecule has 35 heavy (non-hydrogen) atoms. The van der Waals surface area contributed by atoms with Crippen molar-refractivity contribution in [2.24, 2.45) is 10.8 Å². The lowest BCUT2D eigenvalue weighted by Crippen LogP contribution is -2.37. The molecule has 0 radical (unpaired) electrons. The minimum Gasteiger partial charge on any atom is -0.462 e. The van der Waals surface area contributed by atoms with E-state index >= 15 is 0 Å². The van der Waals surface area contributed by atoms with E-state index < -0.39 is 40.1 Å². The van der Waals surface area contributed by atoms with E-state index in [1.54, 1.807) is 59.7 Å². The van der Waals surface area contributed by atoms with Crippen LogP contribution in [-0.2, 0) is 37.0 Å². The zero-order valence-corrected chi connectivity index (χ0v) is 21.7. The molecule has 0 saturated heterocycles. The molecule has 2 aromatic rings. The second-order valence-corrected chi connectivity index (χ2v) is 10.7. The van der Waals surface area contributed by atoms with Crippen LogP contribution in [0.3, 0.4) is 0 Å². The Morgan fingerprint density at radius 1 is 1.00 bits per heavy atom.